The Bertz CT molecular complexity index is 1030. The van der Waals surface area contributed by atoms with Crippen LogP contribution in [-0.4, -0.2) is 69.6 Å². The summed E-state index contributed by atoms with van der Waals surface area (Å²) in [4.78, 5) is 10.8. The van der Waals surface area contributed by atoms with E-state index >= 15 is 0 Å². The van der Waals surface area contributed by atoms with E-state index in [1.165, 1.54) is 10.6 Å². The molecule has 1 aliphatic rings. The molecule has 10 heteroatoms. The van der Waals surface area contributed by atoms with Crippen LogP contribution in [0.5, 0.6) is 0 Å². The second kappa shape index (κ2) is 7.20. The van der Waals surface area contributed by atoms with Gasteiger partial charge in [0.2, 0.25) is 10.0 Å². The van der Waals surface area contributed by atoms with Gasteiger partial charge < -0.3 is 4.90 Å². The van der Waals surface area contributed by atoms with Gasteiger partial charge in [0.25, 0.3) is 0 Å². The van der Waals surface area contributed by atoms with Crippen molar-refractivity contribution in [3.63, 3.8) is 0 Å². The summed E-state index contributed by atoms with van der Waals surface area (Å²) in [6.07, 6.45) is 1.51. The molecule has 0 spiro atoms. The fourth-order valence-corrected chi connectivity index (χ4v) is 4.32. The number of nitrogens with zero attached hydrogens (tertiary/aromatic N) is 7. The molecular formula is C17H21N7O2S. The molecule has 0 unspecified atom stereocenters. The predicted molar refractivity (Wildman–Crippen MR) is 102 cm³/mol. The summed E-state index contributed by atoms with van der Waals surface area (Å²) in [5.74, 6) is 0.825. The maximum atomic E-state index is 12.0. The molecular weight excluding hydrogens is 366 g/mol. The van der Waals surface area contributed by atoms with E-state index in [0.717, 1.165) is 5.56 Å². The molecule has 1 saturated heterocycles. The molecule has 0 aliphatic carbocycles. The first-order valence-electron chi connectivity index (χ1n) is 8.89. The first-order valence-corrected chi connectivity index (χ1v) is 10.5. The lowest BCUT2D eigenvalue weighted by Gasteiger charge is -2.34. The number of rotatable bonds is 5. The molecule has 0 bridgehead atoms. The molecule has 3 aromatic rings. The number of anilines is 1. The molecule has 1 aromatic carbocycles. The van der Waals surface area contributed by atoms with Crippen molar-refractivity contribution in [1.82, 2.24) is 29.3 Å². The maximum absolute atomic E-state index is 12.0. The number of sulfonamides is 1. The van der Waals surface area contributed by atoms with Crippen LogP contribution < -0.4 is 4.90 Å². The third-order valence-corrected chi connectivity index (χ3v) is 6.63. The van der Waals surface area contributed by atoms with Crippen molar-refractivity contribution in [1.29, 1.82) is 0 Å². The third-order valence-electron chi connectivity index (χ3n) is 4.75. The summed E-state index contributed by atoms with van der Waals surface area (Å²) < 4.78 is 27.4. The Morgan fingerprint density at radius 2 is 1.78 bits per heavy atom. The van der Waals surface area contributed by atoms with Crippen molar-refractivity contribution in [2.75, 3.05) is 36.8 Å². The van der Waals surface area contributed by atoms with Gasteiger partial charge in [0.15, 0.2) is 17.0 Å². The number of piperazine rings is 1. The molecule has 0 radical (unpaired) electrons. The molecule has 2 aromatic heterocycles. The lowest BCUT2D eigenvalue weighted by atomic mass is 10.2. The van der Waals surface area contributed by atoms with E-state index in [2.05, 4.69) is 20.3 Å². The third kappa shape index (κ3) is 3.50. The van der Waals surface area contributed by atoms with Crippen LogP contribution in [0.3, 0.4) is 0 Å². The Hall–Kier alpha value is -2.59. The largest absolute Gasteiger partial charge is 0.352 e. The molecule has 9 nitrogen and oxygen atoms in total. The summed E-state index contributed by atoms with van der Waals surface area (Å²) >= 11 is 0. The van der Waals surface area contributed by atoms with Gasteiger partial charge in [-0.05, 0) is 12.5 Å². The first kappa shape index (κ1) is 17.8. The zero-order valence-electron chi connectivity index (χ0n) is 15.1. The molecule has 3 heterocycles. The lowest BCUT2D eigenvalue weighted by molar-refractivity contribution is 0.385. The minimum Gasteiger partial charge on any atom is -0.352 e. The van der Waals surface area contributed by atoms with Crippen LogP contribution in [0.4, 0.5) is 5.82 Å². The molecule has 0 saturated carbocycles. The van der Waals surface area contributed by atoms with Crippen molar-refractivity contribution in [2.24, 2.45) is 0 Å². The van der Waals surface area contributed by atoms with Gasteiger partial charge in [-0.25, -0.2) is 23.1 Å². The molecule has 0 amide bonds. The molecule has 27 heavy (non-hydrogen) atoms. The van der Waals surface area contributed by atoms with Gasteiger partial charge in [0, 0.05) is 26.2 Å². The molecule has 4 rings (SSSR count). The van der Waals surface area contributed by atoms with E-state index in [0.29, 0.717) is 49.7 Å². The van der Waals surface area contributed by atoms with Crippen LogP contribution in [0.15, 0.2) is 36.7 Å². The predicted octanol–water partition coefficient (Wildman–Crippen LogP) is 0.741. The SMILES string of the molecule is CCS(=O)(=O)N1CCN(c2ncnc3c2nnn3Cc2ccccc2)CC1. The van der Waals surface area contributed by atoms with Gasteiger partial charge in [-0.2, -0.15) is 4.31 Å². The topological polar surface area (TPSA) is 97.1 Å². The fourth-order valence-electron chi connectivity index (χ4n) is 3.23. The highest BCUT2D eigenvalue weighted by atomic mass is 32.2. The maximum Gasteiger partial charge on any atom is 0.213 e. The molecule has 1 fully saturated rings. The van der Waals surface area contributed by atoms with E-state index < -0.39 is 10.0 Å². The van der Waals surface area contributed by atoms with Crippen molar-refractivity contribution < 1.29 is 8.42 Å². The summed E-state index contributed by atoms with van der Waals surface area (Å²) in [6.45, 7) is 4.27. The van der Waals surface area contributed by atoms with Crippen LogP contribution >= 0.6 is 0 Å². The van der Waals surface area contributed by atoms with Crippen molar-refractivity contribution in [3.8, 4) is 0 Å². The van der Waals surface area contributed by atoms with Gasteiger partial charge in [0.1, 0.15) is 6.33 Å². The van der Waals surface area contributed by atoms with Gasteiger partial charge in [-0.15, -0.1) is 5.10 Å². The van der Waals surface area contributed by atoms with Crippen LogP contribution in [0, 0.1) is 0 Å². The van der Waals surface area contributed by atoms with E-state index in [1.807, 2.05) is 35.2 Å². The second-order valence-electron chi connectivity index (χ2n) is 6.39. The zero-order valence-corrected chi connectivity index (χ0v) is 15.9. The van der Waals surface area contributed by atoms with Crippen LogP contribution in [-0.2, 0) is 16.6 Å². The highest BCUT2D eigenvalue weighted by molar-refractivity contribution is 7.89. The normalized spacial score (nSPS) is 16.1. The van der Waals surface area contributed by atoms with Crippen molar-refractivity contribution in [3.05, 3.63) is 42.2 Å². The van der Waals surface area contributed by atoms with E-state index in [1.54, 1.807) is 11.6 Å². The molecule has 0 N–H and O–H groups in total. The Morgan fingerprint density at radius 3 is 2.48 bits per heavy atom. The summed E-state index contributed by atoms with van der Waals surface area (Å²) in [5.41, 5.74) is 2.43. The first-order chi connectivity index (χ1) is 13.1. The average Bonchev–Trinajstić information content (AvgIpc) is 3.12. The molecule has 142 valence electrons. The molecule has 1 aliphatic heterocycles. The highest BCUT2D eigenvalue weighted by Crippen LogP contribution is 2.22. The molecule has 0 atom stereocenters. The average molecular weight is 387 g/mol. The Labute approximate surface area is 157 Å². The summed E-state index contributed by atoms with van der Waals surface area (Å²) in [7, 11) is -3.16. The monoisotopic (exact) mass is 387 g/mol. The van der Waals surface area contributed by atoms with Crippen molar-refractivity contribution >= 4 is 27.0 Å². The van der Waals surface area contributed by atoms with Crippen LogP contribution in [0.2, 0.25) is 0 Å². The highest BCUT2D eigenvalue weighted by Gasteiger charge is 2.27. The fraction of sp³-hybridized carbons (Fsp3) is 0.412. The van der Waals surface area contributed by atoms with Crippen LogP contribution in [0.1, 0.15) is 12.5 Å². The number of hydrogen-bond acceptors (Lipinski definition) is 7. The Morgan fingerprint density at radius 1 is 1.04 bits per heavy atom. The number of hydrogen-bond donors (Lipinski definition) is 0. The standard InChI is InChI=1S/C17H21N7O2S/c1-2-27(25,26)23-10-8-22(9-11-23)16-15-17(19-13-18-16)24(21-20-15)12-14-6-4-3-5-7-14/h3-7,13H,2,8-12H2,1H3. The minimum absolute atomic E-state index is 0.124. The summed E-state index contributed by atoms with van der Waals surface area (Å²) in [5, 5.41) is 8.53. The van der Waals surface area contributed by atoms with Gasteiger partial charge in [-0.1, -0.05) is 35.5 Å². The Kier molecular flexibility index (Phi) is 4.75. The van der Waals surface area contributed by atoms with Gasteiger partial charge in [0.05, 0.1) is 12.3 Å². The smallest absolute Gasteiger partial charge is 0.213 e. The van der Waals surface area contributed by atoms with Crippen molar-refractivity contribution in [2.45, 2.75) is 13.5 Å². The lowest BCUT2D eigenvalue weighted by Crippen LogP contribution is -2.49. The quantitative estimate of drug-likeness (QED) is 0.637. The van der Waals surface area contributed by atoms with Crippen LogP contribution in [0.25, 0.3) is 11.2 Å². The summed E-state index contributed by atoms with van der Waals surface area (Å²) in [6, 6.07) is 10.0. The van der Waals surface area contributed by atoms with Gasteiger partial charge in [-0.3, -0.25) is 0 Å². The number of aromatic nitrogens is 5. The minimum atomic E-state index is -3.16. The number of fused-ring (bicyclic) bond motifs is 1. The Balaban J connectivity index is 1.57. The second-order valence-corrected chi connectivity index (χ2v) is 8.65. The van der Waals surface area contributed by atoms with E-state index in [-0.39, 0.29) is 5.75 Å². The van der Waals surface area contributed by atoms with Gasteiger partial charge >= 0.3 is 0 Å². The number of benzene rings is 1. The zero-order chi connectivity index (χ0) is 18.9. The van der Waals surface area contributed by atoms with E-state index in [4.69, 9.17) is 0 Å². The van der Waals surface area contributed by atoms with E-state index in [9.17, 15) is 8.42 Å².